The molecule has 432 valence electrons. The van der Waals surface area contributed by atoms with E-state index in [4.69, 9.17) is 18.9 Å². The molecule has 20 heteroatoms. The summed E-state index contributed by atoms with van der Waals surface area (Å²) in [4.78, 5) is 47.3. The Morgan fingerprint density at radius 3 is 0.643 bits per heavy atom. The number of carbonyl (C=O) groups is 4. The van der Waals surface area contributed by atoms with Crippen molar-refractivity contribution in [3.63, 3.8) is 0 Å². The lowest BCUT2D eigenvalue weighted by Gasteiger charge is -2.03. The van der Waals surface area contributed by atoms with Crippen LogP contribution in [0.15, 0.2) is 190 Å². The van der Waals surface area contributed by atoms with Crippen LogP contribution >= 0.6 is 0 Å². The van der Waals surface area contributed by atoms with E-state index in [0.29, 0.717) is 67.5 Å². The van der Waals surface area contributed by atoms with Crippen LogP contribution in [0.5, 0.6) is 46.0 Å². The number of methoxy groups -OCH3 is 4. The Bertz CT molecular complexity index is 3130. The second kappa shape index (κ2) is 32.7. The van der Waals surface area contributed by atoms with E-state index in [0.717, 1.165) is 22.3 Å². The second-order valence-corrected chi connectivity index (χ2v) is 18.0. The Morgan fingerprint density at radius 2 is 0.488 bits per heavy atom. The first-order valence-corrected chi connectivity index (χ1v) is 25.5. The van der Waals surface area contributed by atoms with Crippen LogP contribution in [-0.2, 0) is 0 Å². The van der Waals surface area contributed by atoms with E-state index in [-0.39, 0.29) is 46.6 Å². The number of hydrazone groups is 4. The standard InChI is InChI=1S/4C16H16N2O3/c4*1-11-3-5-12(6-4-11)16(20)18-17-10-13-7-8-14(21-2)9-15(13)19/h4*3-10,19H,1-2H3,(H,18,20)/b4*17-10+. The van der Waals surface area contributed by atoms with E-state index >= 15 is 0 Å². The van der Waals surface area contributed by atoms with Crippen molar-refractivity contribution in [1.82, 2.24) is 21.7 Å². The SMILES string of the molecule is COc1ccc(/C=N/NC(=O)c2ccc(C)cc2)c(O)c1.COc1ccc(/C=N/NC(=O)c2ccc(C)cc2)c(O)c1.COc1ccc(/C=N/NC(=O)c2ccc(C)cc2)c(O)c1.COc1ccc(/C=N/NC(=O)c2ccc(C)cc2)c(O)c1. The molecule has 0 heterocycles. The first-order chi connectivity index (χ1) is 40.4. The highest BCUT2D eigenvalue weighted by Crippen LogP contribution is 2.25. The van der Waals surface area contributed by atoms with Gasteiger partial charge in [0.25, 0.3) is 23.6 Å². The molecule has 8 rings (SSSR count). The lowest BCUT2D eigenvalue weighted by atomic mass is 10.1. The number of hydrogen-bond donors (Lipinski definition) is 8. The number of hydrogen-bond acceptors (Lipinski definition) is 16. The summed E-state index contributed by atoms with van der Waals surface area (Å²) in [6.45, 7) is 7.80. The third kappa shape index (κ3) is 20.7. The maximum absolute atomic E-state index is 11.8. The first kappa shape index (κ1) is 63.6. The van der Waals surface area contributed by atoms with Crippen LogP contribution in [0, 0.1) is 27.7 Å². The van der Waals surface area contributed by atoms with Crippen LogP contribution in [0.4, 0.5) is 0 Å². The fraction of sp³-hybridized carbons (Fsp3) is 0.125. The predicted molar refractivity (Wildman–Crippen MR) is 324 cm³/mol. The fourth-order valence-electron chi connectivity index (χ4n) is 6.76. The van der Waals surface area contributed by atoms with Crippen molar-refractivity contribution in [3.8, 4) is 46.0 Å². The molecule has 8 N–H and O–H groups in total. The zero-order chi connectivity index (χ0) is 61.0. The molecule has 0 aliphatic heterocycles. The van der Waals surface area contributed by atoms with Gasteiger partial charge in [0.15, 0.2) is 0 Å². The van der Waals surface area contributed by atoms with Gasteiger partial charge in [-0.1, -0.05) is 70.8 Å². The molecule has 0 atom stereocenters. The number of nitrogens with one attached hydrogen (secondary N) is 4. The number of carbonyl (C=O) groups excluding carboxylic acids is 4. The van der Waals surface area contributed by atoms with Crippen LogP contribution in [0.1, 0.15) is 85.9 Å². The molecule has 0 saturated heterocycles. The molecule has 0 aromatic heterocycles. The summed E-state index contributed by atoms with van der Waals surface area (Å²) in [6, 6.07) is 47.9. The van der Waals surface area contributed by atoms with Gasteiger partial charge >= 0.3 is 0 Å². The zero-order valence-corrected chi connectivity index (χ0v) is 47.3. The van der Waals surface area contributed by atoms with Crippen molar-refractivity contribution in [2.45, 2.75) is 27.7 Å². The van der Waals surface area contributed by atoms with E-state index in [1.165, 1.54) is 77.6 Å². The van der Waals surface area contributed by atoms with Gasteiger partial charge in [0.1, 0.15) is 46.0 Å². The highest BCUT2D eigenvalue weighted by Gasteiger charge is 2.09. The van der Waals surface area contributed by atoms with Gasteiger partial charge in [0.2, 0.25) is 0 Å². The van der Waals surface area contributed by atoms with Crippen molar-refractivity contribution in [1.29, 1.82) is 0 Å². The normalized spacial score (nSPS) is 10.6. The molecule has 0 spiro atoms. The van der Waals surface area contributed by atoms with Gasteiger partial charge in [-0.3, -0.25) is 19.2 Å². The molecule has 0 unspecified atom stereocenters. The van der Waals surface area contributed by atoms with E-state index in [1.807, 2.05) is 76.2 Å². The van der Waals surface area contributed by atoms with E-state index in [9.17, 15) is 39.6 Å². The summed E-state index contributed by atoms with van der Waals surface area (Å²) in [5.41, 5.74) is 18.0. The van der Waals surface area contributed by atoms with Gasteiger partial charge in [-0.25, -0.2) is 21.7 Å². The molecule has 0 aliphatic carbocycles. The highest BCUT2D eigenvalue weighted by molar-refractivity contribution is 5.97. The summed E-state index contributed by atoms with van der Waals surface area (Å²) in [6.07, 6.45) is 5.50. The lowest BCUT2D eigenvalue weighted by Crippen LogP contribution is -2.17. The van der Waals surface area contributed by atoms with Gasteiger partial charge in [0, 0.05) is 68.8 Å². The van der Waals surface area contributed by atoms with Gasteiger partial charge in [-0.15, -0.1) is 0 Å². The zero-order valence-electron chi connectivity index (χ0n) is 47.3. The summed E-state index contributed by atoms with van der Waals surface area (Å²) in [5.74, 6) is 1.09. The van der Waals surface area contributed by atoms with Crippen molar-refractivity contribution < 1.29 is 58.6 Å². The molecule has 4 amide bonds. The Kier molecular flexibility index (Phi) is 24.7. The Balaban J connectivity index is 0.000000205. The molecule has 0 bridgehead atoms. The van der Waals surface area contributed by atoms with Crippen molar-refractivity contribution in [2.75, 3.05) is 28.4 Å². The minimum atomic E-state index is -0.306. The fourth-order valence-corrected chi connectivity index (χ4v) is 6.76. The number of aryl methyl sites for hydroxylation is 4. The lowest BCUT2D eigenvalue weighted by molar-refractivity contribution is 0.0947. The number of ether oxygens (including phenoxy) is 4. The Hall–Kier alpha value is -11.3. The summed E-state index contributed by atoms with van der Waals surface area (Å²) in [5, 5.41) is 54.3. The number of benzene rings is 8. The van der Waals surface area contributed by atoms with Crippen LogP contribution in [-0.4, -0.2) is 97.4 Å². The van der Waals surface area contributed by atoms with Crippen LogP contribution in [0.3, 0.4) is 0 Å². The first-order valence-electron chi connectivity index (χ1n) is 25.5. The molecule has 0 fully saturated rings. The number of phenolic OH excluding ortho intramolecular Hbond substituents is 4. The number of amides is 4. The van der Waals surface area contributed by atoms with Crippen LogP contribution in [0.2, 0.25) is 0 Å². The minimum absolute atomic E-state index is 0.0303. The third-order valence-corrected chi connectivity index (χ3v) is 11.7. The molecule has 20 nitrogen and oxygen atoms in total. The predicted octanol–water partition coefficient (Wildman–Crippen LogP) is 9.89. The number of aromatic hydroxyl groups is 4. The molecular formula is C64H64N8O12. The van der Waals surface area contributed by atoms with Crippen molar-refractivity contribution in [3.05, 3.63) is 237 Å². The number of phenols is 4. The maximum atomic E-state index is 11.8. The van der Waals surface area contributed by atoms with E-state index < -0.39 is 0 Å². The summed E-state index contributed by atoms with van der Waals surface area (Å²) >= 11 is 0. The largest absolute Gasteiger partial charge is 0.507 e. The summed E-state index contributed by atoms with van der Waals surface area (Å²) < 4.78 is 19.9. The van der Waals surface area contributed by atoms with Gasteiger partial charge in [0.05, 0.1) is 53.3 Å². The van der Waals surface area contributed by atoms with Gasteiger partial charge < -0.3 is 39.4 Å². The second-order valence-electron chi connectivity index (χ2n) is 18.0. The Morgan fingerprint density at radius 1 is 0.310 bits per heavy atom. The van der Waals surface area contributed by atoms with Crippen LogP contribution < -0.4 is 40.7 Å². The number of nitrogens with zero attached hydrogens (tertiary/aromatic N) is 4. The van der Waals surface area contributed by atoms with E-state index in [2.05, 4.69) is 42.1 Å². The van der Waals surface area contributed by atoms with Gasteiger partial charge in [-0.05, 0) is 125 Å². The monoisotopic (exact) mass is 1140 g/mol. The summed E-state index contributed by atoms with van der Waals surface area (Å²) in [7, 11) is 6.07. The molecule has 0 aliphatic rings. The van der Waals surface area contributed by atoms with Crippen molar-refractivity contribution >= 4 is 48.5 Å². The highest BCUT2D eigenvalue weighted by atomic mass is 16.5. The molecule has 8 aromatic carbocycles. The molecule has 8 aromatic rings. The van der Waals surface area contributed by atoms with Gasteiger partial charge in [-0.2, -0.15) is 20.4 Å². The average molecular weight is 1140 g/mol. The smallest absolute Gasteiger partial charge is 0.271 e. The van der Waals surface area contributed by atoms with E-state index in [1.54, 1.807) is 97.1 Å². The number of rotatable bonds is 16. The maximum Gasteiger partial charge on any atom is 0.271 e. The molecule has 0 radical (unpaired) electrons. The molecule has 0 saturated carbocycles. The topological polar surface area (TPSA) is 284 Å². The third-order valence-electron chi connectivity index (χ3n) is 11.7. The molecular weight excluding hydrogens is 1070 g/mol. The van der Waals surface area contributed by atoms with Crippen LogP contribution in [0.25, 0.3) is 0 Å². The molecule has 84 heavy (non-hydrogen) atoms. The quantitative estimate of drug-likeness (QED) is 0.0331. The average Bonchev–Trinajstić information content (AvgIpc) is 3.59. The minimum Gasteiger partial charge on any atom is -0.507 e. The van der Waals surface area contributed by atoms with Crippen molar-refractivity contribution in [2.24, 2.45) is 20.4 Å². The Labute approximate surface area is 486 Å².